The van der Waals surface area contributed by atoms with E-state index in [1.807, 2.05) is 30.3 Å². The Morgan fingerprint density at radius 1 is 1.03 bits per heavy atom. The highest BCUT2D eigenvalue weighted by Crippen LogP contribution is 2.24. The number of nitrogens with zero attached hydrogens (tertiary/aromatic N) is 3. The Morgan fingerprint density at radius 3 is 2.47 bits per heavy atom. The fraction of sp³-hybridized carbons (Fsp3) is 0.0800. The van der Waals surface area contributed by atoms with Crippen molar-refractivity contribution in [2.45, 2.75) is 5.16 Å². The Labute approximate surface area is 188 Å². The van der Waals surface area contributed by atoms with Crippen LogP contribution in [-0.4, -0.2) is 27.8 Å². The summed E-state index contributed by atoms with van der Waals surface area (Å²) in [5.41, 5.74) is 0.945. The number of amides is 1. The first-order valence-electron chi connectivity index (χ1n) is 9.96. The van der Waals surface area contributed by atoms with Crippen LogP contribution in [0.25, 0.3) is 16.6 Å². The Kier molecular flexibility index (Phi) is 6.47. The fourth-order valence-electron chi connectivity index (χ4n) is 3.35. The van der Waals surface area contributed by atoms with E-state index in [2.05, 4.69) is 11.6 Å². The lowest BCUT2D eigenvalue weighted by Gasteiger charge is -2.21. The van der Waals surface area contributed by atoms with Crippen molar-refractivity contribution in [2.24, 2.45) is 0 Å². The molecule has 4 aromatic rings. The Bertz CT molecular complexity index is 1340. The fourth-order valence-corrected chi connectivity index (χ4v) is 4.23. The van der Waals surface area contributed by atoms with Gasteiger partial charge >= 0.3 is 0 Å². The number of halogens is 1. The predicted molar refractivity (Wildman–Crippen MR) is 127 cm³/mol. The molecule has 0 radical (unpaired) electrons. The Balaban J connectivity index is 1.73. The second-order valence-electron chi connectivity index (χ2n) is 6.92. The maximum Gasteiger partial charge on any atom is 0.266 e. The molecule has 160 valence electrons. The van der Waals surface area contributed by atoms with Crippen LogP contribution in [0, 0.1) is 5.82 Å². The first-order valence-corrected chi connectivity index (χ1v) is 10.9. The van der Waals surface area contributed by atoms with Gasteiger partial charge in [-0.05, 0) is 36.4 Å². The van der Waals surface area contributed by atoms with Crippen molar-refractivity contribution in [3.63, 3.8) is 0 Å². The lowest BCUT2D eigenvalue weighted by atomic mass is 10.2. The molecule has 3 aromatic carbocycles. The molecule has 4 rings (SSSR count). The van der Waals surface area contributed by atoms with Gasteiger partial charge in [-0.2, -0.15) is 0 Å². The van der Waals surface area contributed by atoms with E-state index in [0.717, 1.165) is 17.4 Å². The van der Waals surface area contributed by atoms with Crippen molar-refractivity contribution in [3.8, 4) is 5.69 Å². The van der Waals surface area contributed by atoms with E-state index < -0.39 is 5.82 Å². The second-order valence-corrected chi connectivity index (χ2v) is 7.86. The molecule has 1 heterocycles. The number of fused-ring (bicyclic) bond motifs is 1. The summed E-state index contributed by atoms with van der Waals surface area (Å²) in [6, 6.07) is 22.2. The van der Waals surface area contributed by atoms with E-state index in [9.17, 15) is 14.0 Å². The van der Waals surface area contributed by atoms with Gasteiger partial charge in [-0.3, -0.25) is 14.2 Å². The zero-order chi connectivity index (χ0) is 22.5. The van der Waals surface area contributed by atoms with E-state index in [0.29, 0.717) is 17.4 Å². The lowest BCUT2D eigenvalue weighted by molar-refractivity contribution is -0.116. The quantitative estimate of drug-likeness (QED) is 0.232. The third-order valence-corrected chi connectivity index (χ3v) is 5.77. The van der Waals surface area contributed by atoms with Gasteiger partial charge in [0.2, 0.25) is 5.91 Å². The normalized spacial score (nSPS) is 10.8. The summed E-state index contributed by atoms with van der Waals surface area (Å²) in [7, 11) is 0. The molecule has 0 saturated heterocycles. The largest absolute Gasteiger partial charge is 0.308 e. The van der Waals surface area contributed by atoms with Crippen molar-refractivity contribution >= 4 is 34.3 Å². The summed E-state index contributed by atoms with van der Waals surface area (Å²) in [5.74, 6) is -0.705. The maximum atomic E-state index is 14.6. The molecule has 1 aromatic heterocycles. The molecule has 0 spiro atoms. The van der Waals surface area contributed by atoms with Crippen LogP contribution < -0.4 is 10.5 Å². The predicted octanol–water partition coefficient (Wildman–Crippen LogP) is 4.84. The zero-order valence-corrected chi connectivity index (χ0v) is 18.0. The molecule has 0 saturated carbocycles. The maximum absolute atomic E-state index is 14.6. The Hall–Kier alpha value is -3.71. The molecule has 0 N–H and O–H groups in total. The topological polar surface area (TPSA) is 55.2 Å². The summed E-state index contributed by atoms with van der Waals surface area (Å²) in [6.07, 6.45) is 1.65. The van der Waals surface area contributed by atoms with E-state index in [4.69, 9.17) is 0 Å². The van der Waals surface area contributed by atoms with Crippen molar-refractivity contribution in [1.29, 1.82) is 0 Å². The average molecular weight is 446 g/mol. The van der Waals surface area contributed by atoms with Gasteiger partial charge in [-0.15, -0.1) is 6.58 Å². The molecule has 32 heavy (non-hydrogen) atoms. The van der Waals surface area contributed by atoms with E-state index in [-0.39, 0.29) is 28.1 Å². The van der Waals surface area contributed by atoms with E-state index in [1.54, 1.807) is 47.4 Å². The summed E-state index contributed by atoms with van der Waals surface area (Å²) in [5, 5.41) is 0.628. The third kappa shape index (κ3) is 4.33. The number of carbonyl (C=O) groups excluding carboxylic acids is 1. The highest BCUT2D eigenvalue weighted by Gasteiger charge is 2.19. The number of carbonyl (C=O) groups is 1. The van der Waals surface area contributed by atoms with Gasteiger partial charge in [0, 0.05) is 12.2 Å². The number of hydrogen-bond donors (Lipinski definition) is 0. The summed E-state index contributed by atoms with van der Waals surface area (Å²) < 4.78 is 15.8. The van der Waals surface area contributed by atoms with E-state index in [1.165, 1.54) is 16.7 Å². The molecule has 0 aliphatic rings. The molecular weight excluding hydrogens is 425 g/mol. The van der Waals surface area contributed by atoms with Gasteiger partial charge < -0.3 is 4.90 Å². The van der Waals surface area contributed by atoms with Gasteiger partial charge in [0.05, 0.1) is 22.3 Å². The molecule has 5 nitrogen and oxygen atoms in total. The SMILES string of the molecule is C=CCN(C(=O)CSc1nc2ccccc2c(=O)n1-c1ccccc1F)c1ccccc1. The first-order chi connectivity index (χ1) is 15.6. The van der Waals surface area contributed by atoms with Crippen LogP contribution in [-0.2, 0) is 4.79 Å². The summed E-state index contributed by atoms with van der Waals surface area (Å²) in [6.45, 7) is 4.08. The minimum atomic E-state index is -0.544. The van der Waals surface area contributed by atoms with Crippen LogP contribution in [0.3, 0.4) is 0 Å². The monoisotopic (exact) mass is 445 g/mol. The van der Waals surface area contributed by atoms with Crippen LogP contribution in [0.1, 0.15) is 0 Å². The molecule has 0 fully saturated rings. The van der Waals surface area contributed by atoms with Gasteiger partial charge in [-0.25, -0.2) is 9.37 Å². The number of anilines is 1. The van der Waals surface area contributed by atoms with Crippen molar-refractivity contribution < 1.29 is 9.18 Å². The smallest absolute Gasteiger partial charge is 0.266 e. The summed E-state index contributed by atoms with van der Waals surface area (Å²) in [4.78, 5) is 32.5. The number of benzene rings is 3. The van der Waals surface area contributed by atoms with Gasteiger partial charge in [0.15, 0.2) is 5.16 Å². The standard InChI is InChI=1S/C25H20FN3O2S/c1-2-16-28(18-10-4-3-5-11-18)23(30)17-32-25-27-21-14-8-6-12-19(21)24(31)29(25)22-15-9-7-13-20(22)26/h2-15H,1,16-17H2. The Morgan fingerprint density at radius 2 is 1.72 bits per heavy atom. The van der Waals surface area contributed by atoms with Crippen LogP contribution in [0.4, 0.5) is 10.1 Å². The van der Waals surface area contributed by atoms with Crippen LogP contribution in [0.2, 0.25) is 0 Å². The number of thioether (sulfide) groups is 1. The number of para-hydroxylation sites is 3. The average Bonchev–Trinajstić information content (AvgIpc) is 2.82. The van der Waals surface area contributed by atoms with E-state index >= 15 is 0 Å². The number of rotatable bonds is 7. The zero-order valence-electron chi connectivity index (χ0n) is 17.1. The summed E-state index contributed by atoms with van der Waals surface area (Å²) >= 11 is 1.10. The van der Waals surface area contributed by atoms with Crippen molar-refractivity contribution in [1.82, 2.24) is 9.55 Å². The van der Waals surface area contributed by atoms with Crippen LogP contribution in [0.5, 0.6) is 0 Å². The van der Waals surface area contributed by atoms with Crippen molar-refractivity contribution in [3.05, 3.63) is 108 Å². The number of aromatic nitrogens is 2. The molecule has 0 aliphatic carbocycles. The molecule has 0 aliphatic heterocycles. The second kappa shape index (κ2) is 9.62. The van der Waals surface area contributed by atoms with Gasteiger partial charge in [0.1, 0.15) is 5.82 Å². The molecule has 7 heteroatoms. The minimum absolute atomic E-state index is 0.0158. The third-order valence-electron chi connectivity index (χ3n) is 4.84. The number of hydrogen-bond acceptors (Lipinski definition) is 4. The molecular formula is C25H20FN3O2S. The van der Waals surface area contributed by atoms with Crippen LogP contribution in [0.15, 0.2) is 101 Å². The molecule has 0 atom stereocenters. The molecule has 0 unspecified atom stereocenters. The minimum Gasteiger partial charge on any atom is -0.308 e. The highest BCUT2D eigenvalue weighted by molar-refractivity contribution is 7.99. The molecule has 1 amide bonds. The van der Waals surface area contributed by atoms with Crippen molar-refractivity contribution in [2.75, 3.05) is 17.2 Å². The van der Waals surface area contributed by atoms with Gasteiger partial charge in [-0.1, -0.05) is 60.3 Å². The molecule has 0 bridgehead atoms. The first kappa shape index (κ1) is 21.5. The highest BCUT2D eigenvalue weighted by atomic mass is 32.2. The van der Waals surface area contributed by atoms with Crippen LogP contribution >= 0.6 is 11.8 Å². The lowest BCUT2D eigenvalue weighted by Crippen LogP contribution is -2.33. The van der Waals surface area contributed by atoms with Gasteiger partial charge in [0.25, 0.3) is 5.56 Å².